The van der Waals surface area contributed by atoms with Crippen LogP contribution in [-0.4, -0.2) is 86.3 Å². The number of anilines is 1. The Labute approximate surface area is 203 Å². The second-order valence-electron chi connectivity index (χ2n) is 9.36. The summed E-state index contributed by atoms with van der Waals surface area (Å²) in [6.07, 6.45) is -17.2. The van der Waals surface area contributed by atoms with Gasteiger partial charge in [-0.25, -0.2) is 4.79 Å². The number of hydrogen-bond donors (Lipinski definition) is 0. The summed E-state index contributed by atoms with van der Waals surface area (Å²) in [7, 11) is 0. The Balaban J connectivity index is 1.37. The van der Waals surface area contributed by atoms with Gasteiger partial charge >= 0.3 is 18.4 Å². The second kappa shape index (κ2) is 9.85. The first-order valence-electron chi connectivity index (χ1n) is 11.3. The third-order valence-corrected chi connectivity index (χ3v) is 6.99. The van der Waals surface area contributed by atoms with Crippen LogP contribution in [0.15, 0.2) is 18.2 Å². The lowest BCUT2D eigenvalue weighted by molar-refractivity contribution is -0.308. The molecule has 1 aromatic carbocycles. The third-order valence-electron chi connectivity index (χ3n) is 6.75. The highest BCUT2D eigenvalue weighted by Gasteiger charge is 2.60. The Morgan fingerprint density at radius 2 is 1.74 bits per heavy atom. The largest absolute Gasteiger partial charge is 0.434 e. The van der Waals surface area contributed by atoms with Gasteiger partial charge in [-0.1, -0.05) is 17.7 Å². The van der Waals surface area contributed by atoms with Crippen molar-refractivity contribution in [2.45, 2.75) is 38.0 Å². The molecule has 3 fully saturated rings. The highest BCUT2D eigenvalue weighted by molar-refractivity contribution is 6.30. The number of fused-ring (bicyclic) bond motifs is 1. The van der Waals surface area contributed by atoms with E-state index in [4.69, 9.17) is 16.3 Å². The molecule has 3 aliphatic rings. The van der Waals surface area contributed by atoms with E-state index < -0.39 is 24.5 Å². The molecule has 3 heterocycles. The maximum atomic E-state index is 12.7. The summed E-state index contributed by atoms with van der Waals surface area (Å²) in [5.74, 6) is -0.119. The van der Waals surface area contributed by atoms with Gasteiger partial charge in [0.15, 0.2) is 0 Å². The van der Waals surface area contributed by atoms with Crippen LogP contribution in [-0.2, 0) is 16.0 Å². The number of alkyl halides is 6. The zero-order chi connectivity index (χ0) is 25.5. The molecule has 4 rings (SSSR count). The van der Waals surface area contributed by atoms with Gasteiger partial charge in [-0.3, -0.25) is 4.90 Å². The molecule has 0 radical (unpaired) electrons. The number of nitrogens with zero attached hydrogens (tertiary/aromatic N) is 3. The minimum Gasteiger partial charge on any atom is -0.426 e. The zero-order valence-corrected chi connectivity index (χ0v) is 19.7. The standard InChI is InChI=1S/C22H26ClF6N3O3/c1-13-12-34-5-4-32(13)18-6-17(23)3-2-14(18)7-30-8-15-10-31(11-16(15)9-30)20(33)35-19(21(24,25)26)22(27,28)29/h2-3,6,13,15-16,19H,4-5,7-12H2,1H3. The Kier molecular flexibility index (Phi) is 7.36. The van der Waals surface area contributed by atoms with Crippen molar-refractivity contribution in [3.05, 3.63) is 28.8 Å². The zero-order valence-electron chi connectivity index (χ0n) is 18.9. The number of morpholine rings is 1. The molecular weight excluding hydrogens is 504 g/mol. The topological polar surface area (TPSA) is 45.2 Å². The fourth-order valence-electron chi connectivity index (χ4n) is 5.13. The Hall–Kier alpha value is -1.92. The van der Waals surface area contributed by atoms with E-state index in [-0.39, 0.29) is 31.0 Å². The number of likely N-dealkylation sites (tertiary alicyclic amines) is 2. The summed E-state index contributed by atoms with van der Waals surface area (Å²) < 4.78 is 85.7. The van der Waals surface area contributed by atoms with E-state index in [1.807, 2.05) is 18.2 Å². The molecule has 1 amide bonds. The average Bonchev–Trinajstić information content (AvgIpc) is 3.31. The fourth-order valence-corrected chi connectivity index (χ4v) is 5.29. The lowest BCUT2D eigenvalue weighted by atomic mass is 10.0. The lowest BCUT2D eigenvalue weighted by Gasteiger charge is -2.37. The molecule has 0 saturated carbocycles. The molecule has 13 heteroatoms. The first-order chi connectivity index (χ1) is 16.3. The van der Waals surface area contributed by atoms with Crippen LogP contribution in [0, 0.1) is 11.8 Å². The Bertz CT molecular complexity index is 903. The van der Waals surface area contributed by atoms with Crippen LogP contribution in [0.2, 0.25) is 5.02 Å². The van der Waals surface area contributed by atoms with Crippen molar-refractivity contribution >= 4 is 23.4 Å². The van der Waals surface area contributed by atoms with E-state index in [9.17, 15) is 31.1 Å². The van der Waals surface area contributed by atoms with Crippen LogP contribution in [0.1, 0.15) is 12.5 Å². The van der Waals surface area contributed by atoms with Crippen LogP contribution >= 0.6 is 11.6 Å². The molecule has 0 aliphatic carbocycles. The second-order valence-corrected chi connectivity index (χ2v) is 9.79. The van der Waals surface area contributed by atoms with Crippen LogP contribution in [0.25, 0.3) is 0 Å². The molecule has 3 saturated heterocycles. The monoisotopic (exact) mass is 529 g/mol. The van der Waals surface area contributed by atoms with Crippen molar-refractivity contribution in [2.24, 2.45) is 11.8 Å². The summed E-state index contributed by atoms with van der Waals surface area (Å²) >= 11 is 6.25. The fraction of sp³-hybridized carbons (Fsp3) is 0.682. The first-order valence-corrected chi connectivity index (χ1v) is 11.6. The number of halogens is 7. The molecule has 0 aromatic heterocycles. The molecule has 3 aliphatic heterocycles. The Morgan fingerprint density at radius 3 is 2.31 bits per heavy atom. The smallest absolute Gasteiger partial charge is 0.426 e. The summed E-state index contributed by atoms with van der Waals surface area (Å²) in [6.45, 7) is 5.86. The summed E-state index contributed by atoms with van der Waals surface area (Å²) in [5.41, 5.74) is 2.08. The highest BCUT2D eigenvalue weighted by atomic mass is 35.5. The third kappa shape index (κ3) is 5.91. The minimum absolute atomic E-state index is 0.0520. The molecule has 3 atom stereocenters. The molecule has 0 N–H and O–H groups in total. The van der Waals surface area contributed by atoms with Crippen LogP contribution in [0.4, 0.5) is 36.8 Å². The van der Waals surface area contributed by atoms with Gasteiger partial charge in [-0.2, -0.15) is 26.3 Å². The highest BCUT2D eigenvalue weighted by Crippen LogP contribution is 2.38. The van der Waals surface area contributed by atoms with E-state index in [2.05, 4.69) is 21.5 Å². The molecule has 6 nitrogen and oxygen atoms in total. The first kappa shape index (κ1) is 26.2. The van der Waals surface area contributed by atoms with Gasteiger partial charge in [0.1, 0.15) is 0 Å². The van der Waals surface area contributed by atoms with Gasteiger partial charge in [0.2, 0.25) is 0 Å². The molecule has 35 heavy (non-hydrogen) atoms. The number of rotatable bonds is 4. The number of amides is 1. The summed E-state index contributed by atoms with van der Waals surface area (Å²) in [4.78, 5) is 17.5. The van der Waals surface area contributed by atoms with Crippen LogP contribution in [0.5, 0.6) is 0 Å². The molecule has 196 valence electrons. The van der Waals surface area contributed by atoms with Crippen molar-refractivity contribution in [1.82, 2.24) is 9.80 Å². The Morgan fingerprint density at radius 1 is 1.11 bits per heavy atom. The van der Waals surface area contributed by atoms with Crippen molar-refractivity contribution in [1.29, 1.82) is 0 Å². The molecular formula is C22H26ClF6N3O3. The maximum absolute atomic E-state index is 12.7. The van der Waals surface area contributed by atoms with Gasteiger partial charge in [-0.05, 0) is 36.5 Å². The molecule has 1 aromatic rings. The van der Waals surface area contributed by atoms with Gasteiger partial charge in [-0.15, -0.1) is 0 Å². The number of carbonyl (C=O) groups excluding carboxylic acids is 1. The van der Waals surface area contributed by atoms with E-state index in [1.54, 1.807) is 0 Å². The predicted octanol–water partition coefficient (Wildman–Crippen LogP) is 4.56. The van der Waals surface area contributed by atoms with Gasteiger partial charge in [0, 0.05) is 56.0 Å². The van der Waals surface area contributed by atoms with Crippen LogP contribution < -0.4 is 4.90 Å². The molecule has 3 unspecified atom stereocenters. The normalized spacial score (nSPS) is 25.9. The van der Waals surface area contributed by atoms with Gasteiger partial charge in [0.25, 0.3) is 6.10 Å². The number of benzene rings is 1. The average molecular weight is 530 g/mol. The van der Waals surface area contributed by atoms with E-state index in [0.29, 0.717) is 37.9 Å². The maximum Gasteiger partial charge on any atom is 0.434 e. The number of carbonyl (C=O) groups is 1. The predicted molar refractivity (Wildman–Crippen MR) is 115 cm³/mol. The van der Waals surface area contributed by atoms with Gasteiger partial charge in [0.05, 0.1) is 13.2 Å². The molecule has 0 spiro atoms. The van der Waals surface area contributed by atoms with E-state index in [0.717, 1.165) is 22.7 Å². The minimum atomic E-state index is -5.73. The number of hydrogen-bond acceptors (Lipinski definition) is 5. The SMILES string of the molecule is CC1COCCN1c1cc(Cl)ccc1CN1CC2CN(C(=O)OC(C(F)(F)F)C(F)(F)F)CC2C1. The molecule has 0 bridgehead atoms. The van der Waals surface area contributed by atoms with Crippen molar-refractivity contribution in [2.75, 3.05) is 50.8 Å². The number of ether oxygens (including phenoxy) is 2. The van der Waals surface area contributed by atoms with E-state index in [1.165, 1.54) is 0 Å². The summed E-state index contributed by atoms with van der Waals surface area (Å²) in [5, 5.41) is 0.617. The summed E-state index contributed by atoms with van der Waals surface area (Å²) in [6, 6.07) is 5.88. The lowest BCUT2D eigenvalue weighted by Crippen LogP contribution is -2.48. The van der Waals surface area contributed by atoms with Gasteiger partial charge < -0.3 is 19.3 Å². The van der Waals surface area contributed by atoms with Crippen LogP contribution in [0.3, 0.4) is 0 Å². The van der Waals surface area contributed by atoms with Crippen molar-refractivity contribution < 1.29 is 40.6 Å². The van der Waals surface area contributed by atoms with Crippen molar-refractivity contribution in [3.8, 4) is 0 Å². The van der Waals surface area contributed by atoms with Crippen molar-refractivity contribution in [3.63, 3.8) is 0 Å². The van der Waals surface area contributed by atoms with E-state index >= 15 is 0 Å². The quantitative estimate of drug-likeness (QED) is 0.535.